The first-order chi connectivity index (χ1) is 14.4. The number of carbonyl (C=O) groups is 1. The number of methoxy groups -OCH3 is 1. The van der Waals surface area contributed by atoms with E-state index in [0.29, 0.717) is 17.9 Å². The lowest BCUT2D eigenvalue weighted by atomic mass is 10.2. The highest BCUT2D eigenvalue weighted by atomic mass is 32.2. The van der Waals surface area contributed by atoms with Crippen molar-refractivity contribution in [2.24, 2.45) is 0 Å². The van der Waals surface area contributed by atoms with E-state index in [2.05, 4.69) is 10.2 Å². The van der Waals surface area contributed by atoms with Gasteiger partial charge in [0.2, 0.25) is 15.9 Å². The molecule has 1 amide bonds. The number of carbonyl (C=O) groups excluding carboxylic acids is 1. The van der Waals surface area contributed by atoms with Gasteiger partial charge in [0.15, 0.2) is 0 Å². The largest absolute Gasteiger partial charge is 0.497 e. The van der Waals surface area contributed by atoms with E-state index in [1.165, 1.54) is 29.1 Å². The van der Waals surface area contributed by atoms with Crippen LogP contribution in [0.15, 0.2) is 48.5 Å². The average Bonchev–Trinajstić information content (AvgIpc) is 3.26. The zero-order valence-electron chi connectivity index (χ0n) is 17.5. The number of hydrogen-bond donors (Lipinski definition) is 1. The lowest BCUT2D eigenvalue weighted by Crippen LogP contribution is -2.31. The maximum atomic E-state index is 12.3. The fourth-order valence-corrected chi connectivity index (χ4v) is 4.54. The van der Waals surface area contributed by atoms with E-state index < -0.39 is 10.0 Å². The molecule has 0 bridgehead atoms. The van der Waals surface area contributed by atoms with Gasteiger partial charge in [0.25, 0.3) is 0 Å². The second kappa shape index (κ2) is 9.84. The Hall–Kier alpha value is -2.74. The maximum absolute atomic E-state index is 12.3. The third-order valence-corrected chi connectivity index (χ3v) is 6.34. The summed E-state index contributed by atoms with van der Waals surface area (Å²) in [5, 5.41) is 2.89. The molecule has 0 aliphatic carbocycles. The van der Waals surface area contributed by atoms with Crippen molar-refractivity contribution in [3.63, 3.8) is 0 Å². The molecule has 1 aliphatic heterocycles. The number of rotatable bonds is 9. The van der Waals surface area contributed by atoms with E-state index in [0.717, 1.165) is 18.8 Å². The molecule has 2 aromatic rings. The number of amides is 1. The second-order valence-electron chi connectivity index (χ2n) is 7.43. The minimum Gasteiger partial charge on any atom is -0.497 e. The van der Waals surface area contributed by atoms with Gasteiger partial charge in [-0.3, -0.25) is 9.10 Å². The summed E-state index contributed by atoms with van der Waals surface area (Å²) in [6.45, 7) is 2.39. The number of anilines is 3. The Morgan fingerprint density at radius 2 is 1.70 bits per heavy atom. The summed E-state index contributed by atoms with van der Waals surface area (Å²) in [6, 6.07) is 14.7. The van der Waals surface area contributed by atoms with Crippen LogP contribution < -0.4 is 19.3 Å². The van der Waals surface area contributed by atoms with Crippen LogP contribution in [0.2, 0.25) is 0 Å². The van der Waals surface area contributed by atoms with Gasteiger partial charge in [0.1, 0.15) is 5.75 Å². The topological polar surface area (TPSA) is 79.0 Å². The predicted octanol–water partition coefficient (Wildman–Crippen LogP) is 3.48. The van der Waals surface area contributed by atoms with Crippen molar-refractivity contribution in [1.82, 2.24) is 0 Å². The summed E-state index contributed by atoms with van der Waals surface area (Å²) >= 11 is 0. The van der Waals surface area contributed by atoms with Crippen molar-refractivity contribution in [1.29, 1.82) is 0 Å². The number of benzene rings is 2. The van der Waals surface area contributed by atoms with Crippen LogP contribution in [0.4, 0.5) is 17.1 Å². The molecule has 0 spiro atoms. The van der Waals surface area contributed by atoms with Crippen LogP contribution in [-0.2, 0) is 14.8 Å². The van der Waals surface area contributed by atoms with E-state index in [-0.39, 0.29) is 18.9 Å². The zero-order valence-corrected chi connectivity index (χ0v) is 18.3. The monoisotopic (exact) mass is 431 g/mol. The molecule has 0 radical (unpaired) electrons. The summed E-state index contributed by atoms with van der Waals surface area (Å²) in [7, 11) is -1.89. The lowest BCUT2D eigenvalue weighted by Gasteiger charge is -2.22. The van der Waals surface area contributed by atoms with Crippen molar-refractivity contribution in [3.8, 4) is 5.75 Å². The van der Waals surface area contributed by atoms with Crippen molar-refractivity contribution in [2.45, 2.75) is 25.7 Å². The van der Waals surface area contributed by atoms with Crippen LogP contribution in [0, 0.1) is 0 Å². The van der Waals surface area contributed by atoms with E-state index in [1.54, 1.807) is 31.4 Å². The SMILES string of the molecule is COc1ccc(N(CCCC(=O)Nc2ccc(N3CCCC3)cc2)S(C)(=O)=O)cc1. The van der Waals surface area contributed by atoms with Crippen LogP contribution in [0.5, 0.6) is 5.75 Å². The molecule has 1 saturated heterocycles. The molecule has 0 saturated carbocycles. The summed E-state index contributed by atoms with van der Waals surface area (Å²) < 4.78 is 30.8. The van der Waals surface area contributed by atoms with E-state index in [4.69, 9.17) is 4.74 Å². The highest BCUT2D eigenvalue weighted by Gasteiger charge is 2.18. The van der Waals surface area contributed by atoms with Gasteiger partial charge in [0, 0.05) is 37.4 Å². The number of nitrogens with zero attached hydrogens (tertiary/aromatic N) is 2. The standard InChI is InChI=1S/C22H29N3O4S/c1-29-21-13-11-20(12-14-21)25(30(2,27)28)17-5-6-22(26)23-18-7-9-19(10-8-18)24-15-3-4-16-24/h7-14H,3-6,15-17H2,1-2H3,(H,23,26). The van der Waals surface area contributed by atoms with Crippen LogP contribution in [-0.4, -0.2) is 47.3 Å². The first kappa shape index (κ1) is 22.0. The average molecular weight is 432 g/mol. The first-order valence-corrected chi connectivity index (χ1v) is 12.0. The van der Waals surface area contributed by atoms with Crippen LogP contribution in [0.25, 0.3) is 0 Å². The first-order valence-electron chi connectivity index (χ1n) is 10.1. The molecule has 0 unspecified atom stereocenters. The highest BCUT2D eigenvalue weighted by molar-refractivity contribution is 7.92. The van der Waals surface area contributed by atoms with Crippen molar-refractivity contribution in [3.05, 3.63) is 48.5 Å². The molecule has 1 heterocycles. The van der Waals surface area contributed by atoms with E-state index in [9.17, 15) is 13.2 Å². The van der Waals surface area contributed by atoms with Crippen LogP contribution in [0.1, 0.15) is 25.7 Å². The Labute approximate surface area is 178 Å². The molecule has 30 heavy (non-hydrogen) atoms. The van der Waals surface area contributed by atoms with Crippen LogP contribution in [0.3, 0.4) is 0 Å². The van der Waals surface area contributed by atoms with E-state index in [1.807, 2.05) is 24.3 Å². The number of nitrogens with one attached hydrogen (secondary N) is 1. The minimum absolute atomic E-state index is 0.132. The molecule has 8 heteroatoms. The summed E-state index contributed by atoms with van der Waals surface area (Å²) in [4.78, 5) is 14.6. The van der Waals surface area contributed by atoms with Crippen molar-refractivity contribution >= 4 is 33.0 Å². The molecule has 3 rings (SSSR count). The Bertz CT molecular complexity index is 937. The molecule has 7 nitrogen and oxygen atoms in total. The minimum atomic E-state index is -3.45. The maximum Gasteiger partial charge on any atom is 0.232 e. The quantitative estimate of drug-likeness (QED) is 0.658. The summed E-state index contributed by atoms with van der Waals surface area (Å²) in [6.07, 6.45) is 4.26. The van der Waals surface area contributed by atoms with Gasteiger partial charge in [-0.25, -0.2) is 8.42 Å². The van der Waals surface area contributed by atoms with Gasteiger partial charge < -0.3 is 15.0 Å². The number of sulfonamides is 1. The molecular formula is C22H29N3O4S. The fourth-order valence-electron chi connectivity index (χ4n) is 3.57. The van der Waals surface area contributed by atoms with Gasteiger partial charge >= 0.3 is 0 Å². The second-order valence-corrected chi connectivity index (χ2v) is 9.33. The molecule has 1 fully saturated rings. The van der Waals surface area contributed by atoms with Gasteiger partial charge in [-0.15, -0.1) is 0 Å². The van der Waals surface area contributed by atoms with Gasteiger partial charge in [-0.05, 0) is 67.8 Å². The van der Waals surface area contributed by atoms with Gasteiger partial charge in [0.05, 0.1) is 19.1 Å². The Morgan fingerprint density at radius 3 is 2.27 bits per heavy atom. The molecular weight excluding hydrogens is 402 g/mol. The Balaban J connectivity index is 1.52. The Kier molecular flexibility index (Phi) is 7.20. The number of ether oxygens (including phenoxy) is 1. The normalized spacial score (nSPS) is 13.9. The third kappa shape index (κ3) is 5.89. The van der Waals surface area contributed by atoms with Gasteiger partial charge in [-0.2, -0.15) is 0 Å². The molecule has 1 N–H and O–H groups in total. The molecule has 162 valence electrons. The van der Waals surface area contributed by atoms with Crippen molar-refractivity contribution < 1.29 is 17.9 Å². The summed E-state index contributed by atoms with van der Waals surface area (Å²) in [5.41, 5.74) is 2.48. The molecule has 0 atom stereocenters. The third-order valence-electron chi connectivity index (χ3n) is 5.15. The fraction of sp³-hybridized carbons (Fsp3) is 0.409. The highest BCUT2D eigenvalue weighted by Crippen LogP contribution is 2.23. The molecule has 0 aromatic heterocycles. The zero-order chi connectivity index (χ0) is 21.6. The Morgan fingerprint density at radius 1 is 1.07 bits per heavy atom. The lowest BCUT2D eigenvalue weighted by molar-refractivity contribution is -0.116. The van der Waals surface area contributed by atoms with Gasteiger partial charge in [-0.1, -0.05) is 0 Å². The predicted molar refractivity (Wildman–Crippen MR) is 121 cm³/mol. The molecule has 1 aliphatic rings. The smallest absolute Gasteiger partial charge is 0.232 e. The number of hydrogen-bond acceptors (Lipinski definition) is 5. The molecule has 2 aromatic carbocycles. The summed E-state index contributed by atoms with van der Waals surface area (Å²) in [5.74, 6) is 0.523. The van der Waals surface area contributed by atoms with Crippen molar-refractivity contribution in [2.75, 3.05) is 47.5 Å². The van der Waals surface area contributed by atoms with E-state index >= 15 is 0 Å². The van der Waals surface area contributed by atoms with Crippen LogP contribution >= 0.6 is 0 Å².